The normalized spacial score (nSPS) is 12.7. The Kier molecular flexibility index (Phi) is 5.22. The van der Waals surface area contributed by atoms with Crippen molar-refractivity contribution < 1.29 is 4.39 Å². The highest BCUT2D eigenvalue weighted by molar-refractivity contribution is 6.32. The zero-order valence-corrected chi connectivity index (χ0v) is 13.3. The molecule has 0 aliphatic heterocycles. The Morgan fingerprint density at radius 1 is 1.43 bits per heavy atom. The molecule has 0 aliphatic rings. The van der Waals surface area contributed by atoms with Gasteiger partial charge in [0.15, 0.2) is 0 Å². The lowest BCUT2D eigenvalue weighted by Gasteiger charge is -2.18. The van der Waals surface area contributed by atoms with E-state index in [2.05, 4.69) is 10.5 Å². The molecule has 1 unspecified atom stereocenters. The van der Waals surface area contributed by atoms with Gasteiger partial charge in [-0.25, -0.2) is 4.39 Å². The molecule has 2 aromatic rings. The van der Waals surface area contributed by atoms with E-state index < -0.39 is 11.9 Å². The van der Waals surface area contributed by atoms with E-state index in [4.69, 9.17) is 29.0 Å². The number of aryl methyl sites for hydroxylation is 2. The van der Waals surface area contributed by atoms with Gasteiger partial charge in [-0.15, -0.1) is 0 Å². The largest absolute Gasteiger partial charge is 0.271 e. The monoisotopic (exact) mass is 330 g/mol. The van der Waals surface area contributed by atoms with Crippen molar-refractivity contribution in [2.24, 2.45) is 12.9 Å². The Balaban J connectivity index is 2.36. The first kappa shape index (κ1) is 16.2. The van der Waals surface area contributed by atoms with E-state index in [0.29, 0.717) is 17.0 Å². The molecule has 0 bridgehead atoms. The molecular formula is C14H17Cl2FN4. The average Bonchev–Trinajstić information content (AvgIpc) is 2.74. The summed E-state index contributed by atoms with van der Waals surface area (Å²) < 4.78 is 15.8. The van der Waals surface area contributed by atoms with Crippen molar-refractivity contribution >= 4 is 23.2 Å². The van der Waals surface area contributed by atoms with Gasteiger partial charge in [-0.2, -0.15) is 5.10 Å². The van der Waals surface area contributed by atoms with Gasteiger partial charge in [0, 0.05) is 19.0 Å². The quantitative estimate of drug-likeness (QED) is 0.654. The summed E-state index contributed by atoms with van der Waals surface area (Å²) in [5.41, 5.74) is 4.64. The molecule has 0 fully saturated rings. The fraction of sp³-hybridized carbons (Fsp3) is 0.357. The summed E-state index contributed by atoms with van der Waals surface area (Å²) >= 11 is 12.1. The topological polar surface area (TPSA) is 55.9 Å². The molecule has 3 N–H and O–H groups in total. The lowest BCUT2D eigenvalue weighted by Crippen LogP contribution is -2.31. The number of nitrogens with two attached hydrogens (primary N) is 1. The smallest absolute Gasteiger partial charge is 0.146 e. The van der Waals surface area contributed by atoms with Crippen LogP contribution >= 0.6 is 23.2 Å². The van der Waals surface area contributed by atoms with E-state index in [1.54, 1.807) is 16.8 Å². The van der Waals surface area contributed by atoms with Crippen molar-refractivity contribution in [3.05, 3.63) is 51.0 Å². The summed E-state index contributed by atoms with van der Waals surface area (Å²) in [4.78, 5) is 0. The van der Waals surface area contributed by atoms with Crippen molar-refractivity contribution in [3.63, 3.8) is 0 Å². The van der Waals surface area contributed by atoms with Crippen LogP contribution in [-0.2, 0) is 19.9 Å². The van der Waals surface area contributed by atoms with Gasteiger partial charge >= 0.3 is 0 Å². The molecule has 0 amide bonds. The highest BCUT2D eigenvalue weighted by Gasteiger charge is 2.21. The standard InChI is InChI=1S/C14H17Cl2FN4/c1-3-10-13(16)12(21(2)20-10)7-11(19-18)8-5-4-6-9(15)14(8)17/h4-6,11,19H,3,7,18H2,1-2H3. The highest BCUT2D eigenvalue weighted by Crippen LogP contribution is 2.29. The number of rotatable bonds is 5. The molecule has 0 aliphatic carbocycles. The number of hydrogen-bond acceptors (Lipinski definition) is 3. The average molecular weight is 331 g/mol. The number of hydrazine groups is 1. The maximum absolute atomic E-state index is 14.1. The molecule has 1 atom stereocenters. The minimum Gasteiger partial charge on any atom is -0.271 e. The first-order valence-electron chi connectivity index (χ1n) is 6.59. The third kappa shape index (κ3) is 3.21. The van der Waals surface area contributed by atoms with Gasteiger partial charge < -0.3 is 0 Å². The summed E-state index contributed by atoms with van der Waals surface area (Å²) in [5.74, 6) is 5.10. The number of benzene rings is 1. The molecule has 1 aromatic carbocycles. The third-order valence-corrected chi connectivity index (χ3v) is 4.19. The van der Waals surface area contributed by atoms with Crippen LogP contribution in [0.1, 0.15) is 29.9 Å². The summed E-state index contributed by atoms with van der Waals surface area (Å²) in [7, 11) is 1.81. The van der Waals surface area contributed by atoms with Crippen molar-refractivity contribution in [1.82, 2.24) is 15.2 Å². The van der Waals surface area contributed by atoms with Crippen LogP contribution in [0.2, 0.25) is 10.0 Å². The summed E-state index contributed by atoms with van der Waals surface area (Å²) in [6, 6.07) is 4.39. The molecule has 4 nitrogen and oxygen atoms in total. The van der Waals surface area contributed by atoms with Crippen LogP contribution in [0.4, 0.5) is 4.39 Å². The van der Waals surface area contributed by atoms with Crippen LogP contribution in [-0.4, -0.2) is 9.78 Å². The second-order valence-corrected chi connectivity index (χ2v) is 5.54. The molecule has 2 rings (SSSR count). The van der Waals surface area contributed by atoms with E-state index in [1.165, 1.54) is 6.07 Å². The number of nitrogens with one attached hydrogen (secondary N) is 1. The van der Waals surface area contributed by atoms with Gasteiger partial charge in [0.25, 0.3) is 0 Å². The van der Waals surface area contributed by atoms with Crippen LogP contribution < -0.4 is 11.3 Å². The first-order valence-corrected chi connectivity index (χ1v) is 7.35. The summed E-state index contributed by atoms with van der Waals surface area (Å²) in [6.07, 6.45) is 1.15. The van der Waals surface area contributed by atoms with E-state index in [-0.39, 0.29) is 5.02 Å². The Bertz CT molecular complexity index is 642. The molecule has 0 spiro atoms. The predicted molar refractivity (Wildman–Crippen MR) is 82.8 cm³/mol. The zero-order valence-electron chi connectivity index (χ0n) is 11.8. The van der Waals surface area contributed by atoms with Gasteiger partial charge in [0.1, 0.15) is 5.82 Å². The first-order chi connectivity index (χ1) is 9.99. The minimum atomic E-state index is -0.476. The van der Waals surface area contributed by atoms with E-state index in [1.807, 2.05) is 14.0 Å². The van der Waals surface area contributed by atoms with Gasteiger partial charge in [-0.05, 0) is 12.5 Å². The lowest BCUT2D eigenvalue weighted by molar-refractivity contribution is 0.497. The van der Waals surface area contributed by atoms with Crippen LogP contribution in [0.5, 0.6) is 0 Å². The molecule has 0 radical (unpaired) electrons. The van der Waals surface area contributed by atoms with Crippen molar-refractivity contribution in [2.75, 3.05) is 0 Å². The van der Waals surface area contributed by atoms with Crippen molar-refractivity contribution in [2.45, 2.75) is 25.8 Å². The van der Waals surface area contributed by atoms with E-state index in [9.17, 15) is 4.39 Å². The maximum Gasteiger partial charge on any atom is 0.146 e. The molecule has 7 heteroatoms. The van der Waals surface area contributed by atoms with Crippen LogP contribution in [0.25, 0.3) is 0 Å². The van der Waals surface area contributed by atoms with E-state index >= 15 is 0 Å². The van der Waals surface area contributed by atoms with Crippen molar-refractivity contribution in [3.8, 4) is 0 Å². The molecule has 21 heavy (non-hydrogen) atoms. The molecule has 1 aromatic heterocycles. The number of halogens is 3. The van der Waals surface area contributed by atoms with E-state index in [0.717, 1.165) is 17.8 Å². The fourth-order valence-corrected chi connectivity index (χ4v) is 2.84. The lowest BCUT2D eigenvalue weighted by atomic mass is 10.0. The number of hydrogen-bond donors (Lipinski definition) is 2. The maximum atomic E-state index is 14.1. The Labute approximate surface area is 133 Å². The highest BCUT2D eigenvalue weighted by atomic mass is 35.5. The Morgan fingerprint density at radius 2 is 2.14 bits per heavy atom. The van der Waals surface area contributed by atoms with Crippen LogP contribution in [0, 0.1) is 5.82 Å². The predicted octanol–water partition coefficient (Wildman–Crippen LogP) is 3.18. The minimum absolute atomic E-state index is 0.0677. The molecule has 1 heterocycles. The zero-order chi connectivity index (χ0) is 15.6. The second-order valence-electron chi connectivity index (χ2n) is 4.75. The molecule has 114 valence electrons. The van der Waals surface area contributed by atoms with Gasteiger partial charge in [0.05, 0.1) is 27.5 Å². The number of aromatic nitrogens is 2. The fourth-order valence-electron chi connectivity index (χ4n) is 2.28. The molecule has 0 saturated carbocycles. The van der Waals surface area contributed by atoms with Gasteiger partial charge in [0.2, 0.25) is 0 Å². The van der Waals surface area contributed by atoms with Crippen LogP contribution in [0.3, 0.4) is 0 Å². The summed E-state index contributed by atoms with van der Waals surface area (Å²) in [5, 5.41) is 5.01. The summed E-state index contributed by atoms with van der Waals surface area (Å²) in [6.45, 7) is 1.98. The number of nitrogens with zero attached hydrogens (tertiary/aromatic N) is 2. The Hall–Kier alpha value is -1.14. The molecule has 0 saturated heterocycles. The SMILES string of the molecule is CCc1nn(C)c(CC(NN)c2cccc(Cl)c2F)c1Cl. The van der Waals surface area contributed by atoms with Crippen LogP contribution in [0.15, 0.2) is 18.2 Å². The van der Waals surface area contributed by atoms with Gasteiger partial charge in [-0.1, -0.05) is 42.3 Å². The Morgan fingerprint density at radius 3 is 2.71 bits per heavy atom. The third-order valence-electron chi connectivity index (χ3n) is 3.46. The second kappa shape index (κ2) is 6.75. The van der Waals surface area contributed by atoms with Crippen molar-refractivity contribution in [1.29, 1.82) is 0 Å². The molecular weight excluding hydrogens is 314 g/mol. The van der Waals surface area contributed by atoms with Gasteiger partial charge in [-0.3, -0.25) is 16.0 Å².